The van der Waals surface area contributed by atoms with Crippen LogP contribution in [0, 0.1) is 0 Å². The Labute approximate surface area is 152 Å². The van der Waals surface area contributed by atoms with Crippen LogP contribution in [-0.4, -0.2) is 33.8 Å². The standard InChI is InChI=1S/C20H21N5O/c26-20(17-6-4-8-19(12-17)25-14-22-23-15-25)21-13-16-5-3-7-18(11-16)24-9-1-2-10-24/h3-8,11-12,14-15H,1-2,9-10,13H2,(H,21,26). The summed E-state index contributed by atoms with van der Waals surface area (Å²) in [6, 6.07) is 15.8. The molecule has 6 heteroatoms. The Morgan fingerprint density at radius 1 is 0.962 bits per heavy atom. The van der Waals surface area contributed by atoms with E-state index in [1.807, 2.05) is 30.3 Å². The zero-order valence-electron chi connectivity index (χ0n) is 14.5. The van der Waals surface area contributed by atoms with Gasteiger partial charge in [0, 0.05) is 36.6 Å². The van der Waals surface area contributed by atoms with Gasteiger partial charge in [-0.1, -0.05) is 18.2 Å². The van der Waals surface area contributed by atoms with Gasteiger partial charge in [-0.25, -0.2) is 0 Å². The molecule has 0 bridgehead atoms. The number of amides is 1. The second-order valence-electron chi connectivity index (χ2n) is 6.47. The Morgan fingerprint density at radius 2 is 1.69 bits per heavy atom. The van der Waals surface area contributed by atoms with Crippen molar-refractivity contribution in [1.29, 1.82) is 0 Å². The van der Waals surface area contributed by atoms with Gasteiger partial charge in [0.25, 0.3) is 5.91 Å². The number of hydrogen-bond acceptors (Lipinski definition) is 4. The molecule has 0 unspecified atom stereocenters. The van der Waals surface area contributed by atoms with Crippen LogP contribution in [0.1, 0.15) is 28.8 Å². The summed E-state index contributed by atoms with van der Waals surface area (Å²) >= 11 is 0. The van der Waals surface area contributed by atoms with E-state index in [1.165, 1.54) is 18.5 Å². The van der Waals surface area contributed by atoms with Gasteiger partial charge in [0.1, 0.15) is 12.7 Å². The Balaban J connectivity index is 1.43. The average molecular weight is 347 g/mol. The third-order valence-electron chi connectivity index (χ3n) is 4.66. The predicted octanol–water partition coefficient (Wildman–Crippen LogP) is 2.80. The van der Waals surface area contributed by atoms with Crippen molar-refractivity contribution in [3.63, 3.8) is 0 Å². The van der Waals surface area contributed by atoms with Gasteiger partial charge >= 0.3 is 0 Å². The first-order valence-corrected chi connectivity index (χ1v) is 8.87. The number of hydrogen-bond donors (Lipinski definition) is 1. The van der Waals surface area contributed by atoms with Crippen LogP contribution < -0.4 is 10.2 Å². The number of rotatable bonds is 5. The summed E-state index contributed by atoms with van der Waals surface area (Å²) in [5, 5.41) is 10.6. The summed E-state index contributed by atoms with van der Waals surface area (Å²) in [4.78, 5) is 14.9. The van der Waals surface area contributed by atoms with E-state index in [2.05, 4.69) is 38.6 Å². The summed E-state index contributed by atoms with van der Waals surface area (Å²) in [5.74, 6) is -0.0912. The SMILES string of the molecule is O=C(NCc1cccc(N2CCCC2)c1)c1cccc(-n2cnnc2)c1. The van der Waals surface area contributed by atoms with Crippen LogP contribution in [0.4, 0.5) is 5.69 Å². The van der Waals surface area contributed by atoms with Gasteiger partial charge in [-0.2, -0.15) is 0 Å². The molecule has 0 atom stereocenters. The summed E-state index contributed by atoms with van der Waals surface area (Å²) in [6.45, 7) is 2.74. The highest BCUT2D eigenvalue weighted by Gasteiger charge is 2.13. The molecule has 0 spiro atoms. The molecule has 1 N–H and O–H groups in total. The molecule has 0 radical (unpaired) electrons. The Hall–Kier alpha value is -3.15. The van der Waals surface area contributed by atoms with Gasteiger partial charge in [-0.3, -0.25) is 9.36 Å². The first-order valence-electron chi connectivity index (χ1n) is 8.87. The largest absolute Gasteiger partial charge is 0.372 e. The first kappa shape index (κ1) is 16.3. The van der Waals surface area contributed by atoms with Gasteiger partial charge in [-0.05, 0) is 48.7 Å². The number of aromatic nitrogens is 3. The van der Waals surface area contributed by atoms with Crippen molar-refractivity contribution in [3.05, 3.63) is 72.3 Å². The quantitative estimate of drug-likeness (QED) is 0.771. The van der Waals surface area contributed by atoms with Crippen LogP contribution >= 0.6 is 0 Å². The molecule has 1 saturated heterocycles. The van der Waals surface area contributed by atoms with Crippen LogP contribution in [0.3, 0.4) is 0 Å². The highest BCUT2D eigenvalue weighted by Crippen LogP contribution is 2.21. The molecule has 4 rings (SSSR count). The monoisotopic (exact) mass is 347 g/mol. The van der Waals surface area contributed by atoms with E-state index in [9.17, 15) is 4.79 Å². The predicted molar refractivity (Wildman–Crippen MR) is 100 cm³/mol. The smallest absolute Gasteiger partial charge is 0.251 e. The fourth-order valence-electron chi connectivity index (χ4n) is 3.26. The van der Waals surface area contributed by atoms with E-state index < -0.39 is 0 Å². The molecule has 0 aliphatic carbocycles. The maximum atomic E-state index is 12.5. The lowest BCUT2D eigenvalue weighted by Gasteiger charge is -2.18. The van der Waals surface area contributed by atoms with Crippen molar-refractivity contribution >= 4 is 11.6 Å². The highest BCUT2D eigenvalue weighted by atomic mass is 16.1. The number of anilines is 1. The minimum Gasteiger partial charge on any atom is -0.372 e. The van der Waals surface area contributed by atoms with E-state index in [0.29, 0.717) is 12.1 Å². The summed E-state index contributed by atoms with van der Waals surface area (Å²) in [5.41, 5.74) is 3.83. The molecular formula is C20H21N5O. The summed E-state index contributed by atoms with van der Waals surface area (Å²) in [6.07, 6.45) is 5.73. The molecular weight excluding hydrogens is 326 g/mol. The third-order valence-corrected chi connectivity index (χ3v) is 4.66. The molecule has 2 aromatic carbocycles. The van der Waals surface area contributed by atoms with Crippen LogP contribution in [0.25, 0.3) is 5.69 Å². The molecule has 6 nitrogen and oxygen atoms in total. The molecule has 1 amide bonds. The van der Waals surface area contributed by atoms with Crippen LogP contribution in [0.5, 0.6) is 0 Å². The molecule has 3 aromatic rings. The number of nitrogens with one attached hydrogen (secondary N) is 1. The number of benzene rings is 2. The zero-order valence-corrected chi connectivity index (χ0v) is 14.5. The minimum absolute atomic E-state index is 0.0912. The molecule has 0 saturated carbocycles. The maximum Gasteiger partial charge on any atom is 0.251 e. The number of carbonyl (C=O) groups excluding carboxylic acids is 1. The minimum atomic E-state index is -0.0912. The Morgan fingerprint density at radius 3 is 2.50 bits per heavy atom. The van der Waals surface area contributed by atoms with E-state index in [1.54, 1.807) is 17.2 Å². The summed E-state index contributed by atoms with van der Waals surface area (Å²) in [7, 11) is 0. The molecule has 1 aliphatic rings. The van der Waals surface area contributed by atoms with Gasteiger partial charge in [0.05, 0.1) is 0 Å². The molecule has 26 heavy (non-hydrogen) atoms. The summed E-state index contributed by atoms with van der Waals surface area (Å²) < 4.78 is 1.77. The van der Waals surface area contributed by atoms with Crippen molar-refractivity contribution in [2.24, 2.45) is 0 Å². The van der Waals surface area contributed by atoms with Gasteiger partial charge in [0.2, 0.25) is 0 Å². The van der Waals surface area contributed by atoms with E-state index in [4.69, 9.17) is 0 Å². The highest BCUT2D eigenvalue weighted by molar-refractivity contribution is 5.94. The van der Waals surface area contributed by atoms with Crippen molar-refractivity contribution in [3.8, 4) is 5.69 Å². The lowest BCUT2D eigenvalue weighted by molar-refractivity contribution is 0.0951. The van der Waals surface area contributed by atoms with Crippen molar-refractivity contribution < 1.29 is 4.79 Å². The second-order valence-corrected chi connectivity index (χ2v) is 6.47. The average Bonchev–Trinajstić information content (AvgIpc) is 3.40. The molecule has 132 valence electrons. The van der Waals surface area contributed by atoms with E-state index in [-0.39, 0.29) is 5.91 Å². The number of carbonyl (C=O) groups is 1. The molecule has 1 aliphatic heterocycles. The van der Waals surface area contributed by atoms with Crippen LogP contribution in [0.2, 0.25) is 0 Å². The van der Waals surface area contributed by atoms with Gasteiger partial charge < -0.3 is 10.2 Å². The maximum absolute atomic E-state index is 12.5. The van der Waals surface area contributed by atoms with Gasteiger partial charge in [-0.15, -0.1) is 10.2 Å². The van der Waals surface area contributed by atoms with Crippen molar-refractivity contribution in [2.75, 3.05) is 18.0 Å². The Kier molecular flexibility index (Phi) is 4.64. The molecule has 2 heterocycles. The van der Waals surface area contributed by atoms with E-state index in [0.717, 1.165) is 24.3 Å². The second kappa shape index (κ2) is 7.39. The number of nitrogens with zero attached hydrogens (tertiary/aromatic N) is 4. The fourth-order valence-corrected chi connectivity index (χ4v) is 3.26. The zero-order chi connectivity index (χ0) is 17.8. The third kappa shape index (κ3) is 3.59. The van der Waals surface area contributed by atoms with Crippen molar-refractivity contribution in [2.45, 2.75) is 19.4 Å². The fraction of sp³-hybridized carbons (Fsp3) is 0.250. The van der Waals surface area contributed by atoms with Gasteiger partial charge in [0.15, 0.2) is 0 Å². The Bertz CT molecular complexity index is 885. The lowest BCUT2D eigenvalue weighted by atomic mass is 10.1. The molecule has 1 fully saturated rings. The van der Waals surface area contributed by atoms with Crippen molar-refractivity contribution in [1.82, 2.24) is 20.1 Å². The first-order chi connectivity index (χ1) is 12.8. The normalized spacial score (nSPS) is 13.8. The van der Waals surface area contributed by atoms with E-state index >= 15 is 0 Å². The topological polar surface area (TPSA) is 63.1 Å². The molecule has 1 aromatic heterocycles. The van der Waals surface area contributed by atoms with Crippen LogP contribution in [-0.2, 0) is 6.54 Å². The van der Waals surface area contributed by atoms with Crippen LogP contribution in [0.15, 0.2) is 61.2 Å². The lowest BCUT2D eigenvalue weighted by Crippen LogP contribution is -2.23.